The fraction of sp³-hybridized carbons (Fsp3) is 0.500. The number of rotatable bonds is 16. The summed E-state index contributed by atoms with van der Waals surface area (Å²) < 4.78 is 0. The minimum Gasteiger partial charge on any atom is -0.508 e. The molecule has 1 aromatic rings. The first-order chi connectivity index (χ1) is 17.0. The fourth-order valence-corrected chi connectivity index (χ4v) is 3.47. The molecule has 0 saturated carbocycles. The number of aliphatic carboxylic acids is 2. The molecule has 3 amide bonds. The number of nitrogens with two attached hydrogens (primary N) is 1. The summed E-state index contributed by atoms with van der Waals surface area (Å²) in [6.07, 6.45) is 1.27. The molecule has 1 aromatic carbocycles. The van der Waals surface area contributed by atoms with Gasteiger partial charge in [0.25, 0.3) is 0 Å². The van der Waals surface area contributed by atoms with Crippen molar-refractivity contribution < 1.29 is 44.4 Å². The maximum atomic E-state index is 12.9. The molecule has 200 valence electrons. The van der Waals surface area contributed by atoms with Gasteiger partial charge < -0.3 is 42.1 Å². The van der Waals surface area contributed by atoms with Crippen molar-refractivity contribution >= 4 is 41.4 Å². The maximum Gasteiger partial charge on any atom is 0.326 e. The van der Waals surface area contributed by atoms with E-state index in [-0.39, 0.29) is 31.4 Å². The molecule has 0 aliphatic heterocycles. The molecule has 36 heavy (non-hydrogen) atoms. The number of carboxylic acid groups (broad SMARTS) is 2. The van der Waals surface area contributed by atoms with Gasteiger partial charge in [-0.05, 0) is 42.5 Å². The van der Waals surface area contributed by atoms with Crippen molar-refractivity contribution in [2.75, 3.05) is 18.6 Å². The van der Waals surface area contributed by atoms with Gasteiger partial charge in [0, 0.05) is 12.8 Å². The van der Waals surface area contributed by atoms with Crippen LogP contribution in [0.2, 0.25) is 0 Å². The molecule has 0 spiro atoms. The highest BCUT2D eigenvalue weighted by atomic mass is 32.2. The van der Waals surface area contributed by atoms with E-state index < -0.39 is 60.4 Å². The highest BCUT2D eigenvalue weighted by molar-refractivity contribution is 7.98. The maximum absolute atomic E-state index is 12.9. The summed E-state index contributed by atoms with van der Waals surface area (Å²) in [7, 11) is 0. The Hall–Kier alpha value is -3.36. The zero-order valence-corrected chi connectivity index (χ0v) is 20.5. The van der Waals surface area contributed by atoms with Crippen LogP contribution in [-0.4, -0.2) is 92.9 Å². The summed E-state index contributed by atoms with van der Waals surface area (Å²) in [4.78, 5) is 60.1. The van der Waals surface area contributed by atoms with E-state index in [0.717, 1.165) is 0 Å². The number of nitrogens with one attached hydrogen (secondary N) is 3. The molecule has 1 rings (SSSR count). The van der Waals surface area contributed by atoms with Gasteiger partial charge in [0.15, 0.2) is 0 Å². The zero-order valence-electron chi connectivity index (χ0n) is 19.7. The quantitative estimate of drug-likeness (QED) is 0.122. The number of phenolic OH excluding ortho intramolecular Hbond substituents is 1. The third-order valence-corrected chi connectivity index (χ3v) is 5.70. The molecule has 13 nitrogen and oxygen atoms in total. The van der Waals surface area contributed by atoms with Gasteiger partial charge in [-0.1, -0.05) is 12.1 Å². The van der Waals surface area contributed by atoms with Crippen LogP contribution in [0.15, 0.2) is 24.3 Å². The number of hydrogen-bond acceptors (Lipinski definition) is 9. The SMILES string of the molecule is CSCCC(NC(=O)C(Cc1ccc(O)cc1)NC(=O)C(CO)NC(=O)C(N)CCC(=O)O)C(=O)O. The number of aromatic hydroxyl groups is 1. The Morgan fingerprint density at radius 2 is 1.44 bits per heavy atom. The van der Waals surface area contributed by atoms with E-state index in [4.69, 9.17) is 10.8 Å². The summed E-state index contributed by atoms with van der Waals surface area (Å²) in [6, 6.07) is 0.532. The van der Waals surface area contributed by atoms with Crippen LogP contribution in [0.3, 0.4) is 0 Å². The number of aliphatic hydroxyl groups is 1. The lowest BCUT2D eigenvalue weighted by atomic mass is 10.0. The summed E-state index contributed by atoms with van der Waals surface area (Å²) >= 11 is 1.40. The van der Waals surface area contributed by atoms with E-state index >= 15 is 0 Å². The normalized spacial score (nSPS) is 14.1. The van der Waals surface area contributed by atoms with E-state index in [1.54, 1.807) is 6.26 Å². The predicted molar refractivity (Wildman–Crippen MR) is 130 cm³/mol. The largest absolute Gasteiger partial charge is 0.508 e. The van der Waals surface area contributed by atoms with E-state index in [0.29, 0.717) is 11.3 Å². The van der Waals surface area contributed by atoms with Crippen LogP contribution >= 0.6 is 11.8 Å². The molecule has 0 fully saturated rings. The third kappa shape index (κ3) is 10.9. The molecular formula is C22H32N4O9S. The van der Waals surface area contributed by atoms with Crippen LogP contribution in [0, 0.1) is 0 Å². The number of carbonyl (C=O) groups excluding carboxylic acids is 3. The molecule has 14 heteroatoms. The molecule has 9 N–H and O–H groups in total. The average Bonchev–Trinajstić information content (AvgIpc) is 2.83. The molecule has 0 aromatic heterocycles. The van der Waals surface area contributed by atoms with Crippen LogP contribution in [0.25, 0.3) is 0 Å². The van der Waals surface area contributed by atoms with Gasteiger partial charge in [0.1, 0.15) is 23.9 Å². The number of carbonyl (C=O) groups is 5. The molecule has 0 aliphatic carbocycles. The lowest BCUT2D eigenvalue weighted by Gasteiger charge is -2.24. The Morgan fingerprint density at radius 3 is 1.97 bits per heavy atom. The second-order valence-corrected chi connectivity index (χ2v) is 8.88. The number of aliphatic hydroxyl groups excluding tert-OH is 1. The Morgan fingerprint density at radius 1 is 0.889 bits per heavy atom. The molecule has 0 radical (unpaired) electrons. The van der Waals surface area contributed by atoms with Crippen LogP contribution in [0.1, 0.15) is 24.8 Å². The van der Waals surface area contributed by atoms with Gasteiger partial charge in [-0.25, -0.2) is 4.79 Å². The topological polar surface area (TPSA) is 228 Å². The van der Waals surface area contributed by atoms with Crippen molar-refractivity contribution in [3.63, 3.8) is 0 Å². The number of phenols is 1. The highest BCUT2D eigenvalue weighted by Crippen LogP contribution is 2.12. The first-order valence-corrected chi connectivity index (χ1v) is 12.4. The van der Waals surface area contributed by atoms with Gasteiger partial charge in [-0.2, -0.15) is 11.8 Å². The molecule has 0 saturated heterocycles. The van der Waals surface area contributed by atoms with Crippen LogP contribution in [-0.2, 0) is 30.4 Å². The van der Waals surface area contributed by atoms with Crippen molar-refractivity contribution in [3.05, 3.63) is 29.8 Å². The summed E-state index contributed by atoms with van der Waals surface area (Å²) in [5, 5.41) is 44.2. The van der Waals surface area contributed by atoms with Gasteiger partial charge in [0.05, 0.1) is 12.6 Å². The van der Waals surface area contributed by atoms with E-state index in [9.17, 15) is 39.3 Å². The monoisotopic (exact) mass is 528 g/mol. The van der Waals surface area contributed by atoms with Crippen molar-refractivity contribution in [2.24, 2.45) is 5.73 Å². The number of carboxylic acids is 2. The first kappa shape index (κ1) is 30.7. The Kier molecular flexibility index (Phi) is 13.3. The summed E-state index contributed by atoms with van der Waals surface area (Å²) in [5.74, 6) is -4.56. The second kappa shape index (κ2) is 15.6. The van der Waals surface area contributed by atoms with Crippen molar-refractivity contribution in [1.82, 2.24) is 16.0 Å². The summed E-state index contributed by atoms with van der Waals surface area (Å²) in [6.45, 7) is -0.845. The first-order valence-electron chi connectivity index (χ1n) is 11.0. The van der Waals surface area contributed by atoms with Gasteiger partial charge >= 0.3 is 11.9 Å². The number of benzene rings is 1. The van der Waals surface area contributed by atoms with Gasteiger partial charge in [0.2, 0.25) is 17.7 Å². The second-order valence-electron chi connectivity index (χ2n) is 7.90. The standard InChI is InChI=1S/C22H32N4O9S/c1-36-9-8-15(22(34)35)24-20(32)16(10-12-2-4-13(28)5-3-12)25-21(33)17(11-27)26-19(31)14(23)6-7-18(29)30/h2-5,14-17,27-28H,6-11,23H2,1H3,(H,24,32)(H,25,33)(H,26,31)(H,29,30)(H,34,35). The Bertz CT molecular complexity index is 913. The van der Waals surface area contributed by atoms with Crippen LogP contribution in [0.4, 0.5) is 0 Å². The number of thioether (sulfide) groups is 1. The van der Waals surface area contributed by atoms with Crippen LogP contribution in [0.5, 0.6) is 5.75 Å². The van der Waals surface area contributed by atoms with Crippen LogP contribution < -0.4 is 21.7 Å². The lowest BCUT2D eigenvalue weighted by Crippen LogP contribution is -2.58. The van der Waals surface area contributed by atoms with Gasteiger partial charge in [-0.15, -0.1) is 0 Å². The molecule has 4 unspecified atom stereocenters. The van der Waals surface area contributed by atoms with Crippen molar-refractivity contribution in [3.8, 4) is 5.75 Å². The van der Waals surface area contributed by atoms with E-state index in [1.165, 1.54) is 36.0 Å². The average molecular weight is 529 g/mol. The Balaban J connectivity index is 3.00. The molecule has 0 heterocycles. The molecule has 0 bridgehead atoms. The summed E-state index contributed by atoms with van der Waals surface area (Å²) in [5.41, 5.74) is 6.16. The number of amides is 3. The third-order valence-electron chi connectivity index (χ3n) is 5.06. The fourth-order valence-electron chi connectivity index (χ4n) is 3.00. The predicted octanol–water partition coefficient (Wildman–Crippen LogP) is -1.59. The highest BCUT2D eigenvalue weighted by Gasteiger charge is 2.30. The molecule has 4 atom stereocenters. The zero-order chi connectivity index (χ0) is 27.3. The smallest absolute Gasteiger partial charge is 0.326 e. The van der Waals surface area contributed by atoms with E-state index in [1.807, 2.05) is 0 Å². The Labute approximate surface area is 211 Å². The van der Waals surface area contributed by atoms with E-state index in [2.05, 4.69) is 16.0 Å². The van der Waals surface area contributed by atoms with Crippen molar-refractivity contribution in [2.45, 2.75) is 49.9 Å². The minimum atomic E-state index is -1.50. The van der Waals surface area contributed by atoms with Crippen molar-refractivity contribution in [1.29, 1.82) is 0 Å². The van der Waals surface area contributed by atoms with Gasteiger partial charge in [-0.3, -0.25) is 19.2 Å². The molecule has 0 aliphatic rings. The number of hydrogen-bond donors (Lipinski definition) is 8. The molecular weight excluding hydrogens is 496 g/mol. The minimum absolute atomic E-state index is 0.0194. The lowest BCUT2D eigenvalue weighted by molar-refractivity contribution is -0.142.